The van der Waals surface area contributed by atoms with Crippen molar-refractivity contribution in [2.75, 3.05) is 17.1 Å². The highest BCUT2D eigenvalue weighted by molar-refractivity contribution is 7.92. The van der Waals surface area contributed by atoms with E-state index in [1.165, 1.54) is 29.5 Å². The van der Waals surface area contributed by atoms with Gasteiger partial charge in [-0.3, -0.25) is 9.10 Å². The molecular formula is C15H18FN3O3S2. The molecule has 0 bridgehead atoms. The van der Waals surface area contributed by atoms with Crippen LogP contribution < -0.4 is 9.62 Å². The molecule has 24 heavy (non-hydrogen) atoms. The molecule has 0 aliphatic rings. The van der Waals surface area contributed by atoms with Crippen LogP contribution >= 0.6 is 11.3 Å². The highest BCUT2D eigenvalue weighted by atomic mass is 32.2. The summed E-state index contributed by atoms with van der Waals surface area (Å²) in [6.45, 7) is 3.19. The summed E-state index contributed by atoms with van der Waals surface area (Å²) in [4.78, 5) is 16.5. The highest BCUT2D eigenvalue weighted by Crippen LogP contribution is 2.19. The zero-order chi connectivity index (χ0) is 17.9. The molecule has 130 valence electrons. The molecular weight excluding hydrogens is 353 g/mol. The summed E-state index contributed by atoms with van der Waals surface area (Å²) >= 11 is 1.47. The molecule has 1 N–H and O–H groups in total. The first-order chi connectivity index (χ1) is 11.2. The Morgan fingerprint density at radius 3 is 2.71 bits per heavy atom. The number of halogens is 1. The molecule has 2 rings (SSSR count). The number of carbonyl (C=O) groups is 1. The number of hydrogen-bond donors (Lipinski definition) is 1. The van der Waals surface area contributed by atoms with E-state index in [1.54, 1.807) is 6.92 Å². The highest BCUT2D eigenvalue weighted by Gasteiger charge is 2.22. The van der Waals surface area contributed by atoms with Crippen molar-refractivity contribution >= 4 is 33.0 Å². The minimum absolute atomic E-state index is 0.102. The van der Waals surface area contributed by atoms with E-state index < -0.39 is 28.3 Å². The largest absolute Gasteiger partial charge is 0.346 e. The number of nitrogens with one attached hydrogen (secondary N) is 1. The van der Waals surface area contributed by atoms with Crippen LogP contribution in [0.1, 0.15) is 23.7 Å². The van der Waals surface area contributed by atoms with Gasteiger partial charge in [0, 0.05) is 5.38 Å². The molecule has 1 unspecified atom stereocenters. The summed E-state index contributed by atoms with van der Waals surface area (Å²) < 4.78 is 38.1. The van der Waals surface area contributed by atoms with Gasteiger partial charge >= 0.3 is 0 Å². The van der Waals surface area contributed by atoms with Crippen molar-refractivity contribution < 1.29 is 17.6 Å². The Bertz CT molecular complexity index is 836. The molecule has 1 aromatic carbocycles. The van der Waals surface area contributed by atoms with Gasteiger partial charge in [-0.2, -0.15) is 0 Å². The minimum atomic E-state index is -3.73. The van der Waals surface area contributed by atoms with Crippen molar-refractivity contribution in [1.29, 1.82) is 0 Å². The molecule has 2 aromatic rings. The molecule has 0 saturated carbocycles. The van der Waals surface area contributed by atoms with Gasteiger partial charge in [0.25, 0.3) is 0 Å². The average Bonchev–Trinajstić information content (AvgIpc) is 2.90. The molecule has 0 spiro atoms. The predicted octanol–water partition coefficient (Wildman–Crippen LogP) is 2.23. The number of benzene rings is 1. The maximum absolute atomic E-state index is 13.4. The SMILES string of the molecule is Cc1nc(C(C)NC(=O)CN(c2cccc(F)c2)S(C)(=O)=O)cs1. The lowest BCUT2D eigenvalue weighted by atomic mass is 10.2. The number of sulfonamides is 1. The fourth-order valence-electron chi connectivity index (χ4n) is 2.10. The normalized spacial score (nSPS) is 12.7. The fraction of sp³-hybridized carbons (Fsp3) is 0.333. The van der Waals surface area contributed by atoms with E-state index in [-0.39, 0.29) is 11.7 Å². The Labute approximate surface area is 144 Å². The molecule has 1 amide bonds. The van der Waals surface area contributed by atoms with E-state index in [9.17, 15) is 17.6 Å². The van der Waals surface area contributed by atoms with Crippen LogP contribution in [0.15, 0.2) is 29.6 Å². The molecule has 9 heteroatoms. The topological polar surface area (TPSA) is 79.4 Å². The van der Waals surface area contributed by atoms with Gasteiger partial charge in [-0.15, -0.1) is 11.3 Å². The van der Waals surface area contributed by atoms with Crippen LogP contribution in [0.4, 0.5) is 10.1 Å². The zero-order valence-corrected chi connectivity index (χ0v) is 15.1. The van der Waals surface area contributed by atoms with Crippen molar-refractivity contribution in [1.82, 2.24) is 10.3 Å². The number of carbonyl (C=O) groups excluding carboxylic acids is 1. The third-order valence-corrected chi connectivity index (χ3v) is 5.17. The average molecular weight is 371 g/mol. The Morgan fingerprint density at radius 2 is 2.17 bits per heavy atom. The van der Waals surface area contributed by atoms with Crippen molar-refractivity contribution in [3.8, 4) is 0 Å². The predicted molar refractivity (Wildman–Crippen MR) is 92.0 cm³/mol. The maximum atomic E-state index is 13.4. The summed E-state index contributed by atoms with van der Waals surface area (Å²) in [5, 5.41) is 5.41. The number of rotatable bonds is 6. The molecule has 0 fully saturated rings. The van der Waals surface area contributed by atoms with E-state index in [1.807, 2.05) is 12.3 Å². The summed E-state index contributed by atoms with van der Waals surface area (Å²) in [6.07, 6.45) is 0.971. The standard InChI is InChI=1S/C15H18FN3O3S2/c1-10(14-9-23-11(2)18-14)17-15(20)8-19(24(3,21)22)13-6-4-5-12(16)7-13/h4-7,9-10H,8H2,1-3H3,(H,17,20). The first-order valence-electron chi connectivity index (χ1n) is 7.11. The summed E-state index contributed by atoms with van der Waals surface area (Å²) in [5.74, 6) is -1.07. The van der Waals surface area contributed by atoms with E-state index in [4.69, 9.17) is 0 Å². The van der Waals surface area contributed by atoms with Crippen LogP contribution in [0.2, 0.25) is 0 Å². The van der Waals surface area contributed by atoms with Crippen LogP contribution in [-0.2, 0) is 14.8 Å². The van der Waals surface area contributed by atoms with Gasteiger partial charge in [0.15, 0.2) is 0 Å². The lowest BCUT2D eigenvalue weighted by Gasteiger charge is -2.22. The van der Waals surface area contributed by atoms with E-state index in [0.29, 0.717) is 5.69 Å². The van der Waals surface area contributed by atoms with Gasteiger partial charge in [-0.05, 0) is 32.0 Å². The lowest BCUT2D eigenvalue weighted by Crippen LogP contribution is -2.41. The second-order valence-corrected chi connectivity index (χ2v) is 8.30. The van der Waals surface area contributed by atoms with Gasteiger partial charge < -0.3 is 5.32 Å². The number of amides is 1. The van der Waals surface area contributed by atoms with Gasteiger partial charge in [0.2, 0.25) is 15.9 Å². The molecule has 0 aliphatic carbocycles. The Morgan fingerprint density at radius 1 is 1.46 bits per heavy atom. The molecule has 6 nitrogen and oxygen atoms in total. The molecule has 0 aliphatic heterocycles. The van der Waals surface area contributed by atoms with Crippen molar-refractivity contribution in [2.24, 2.45) is 0 Å². The maximum Gasteiger partial charge on any atom is 0.241 e. The molecule has 0 saturated heterocycles. The minimum Gasteiger partial charge on any atom is -0.346 e. The third-order valence-electron chi connectivity index (χ3n) is 3.24. The Balaban J connectivity index is 2.13. The van der Waals surface area contributed by atoms with Gasteiger partial charge in [-0.1, -0.05) is 6.07 Å². The fourth-order valence-corrected chi connectivity index (χ4v) is 3.66. The molecule has 1 atom stereocenters. The zero-order valence-electron chi connectivity index (χ0n) is 13.5. The quantitative estimate of drug-likeness (QED) is 0.845. The molecule has 0 radical (unpaired) electrons. The summed E-state index contributed by atoms with van der Waals surface area (Å²) in [5.41, 5.74) is 0.812. The first kappa shape index (κ1) is 18.3. The van der Waals surface area contributed by atoms with E-state index >= 15 is 0 Å². The molecule has 1 aromatic heterocycles. The second kappa shape index (κ2) is 7.27. The van der Waals surface area contributed by atoms with Gasteiger partial charge in [-0.25, -0.2) is 17.8 Å². The van der Waals surface area contributed by atoms with Crippen LogP contribution in [-0.4, -0.2) is 32.1 Å². The van der Waals surface area contributed by atoms with Crippen LogP contribution in [0.5, 0.6) is 0 Å². The van der Waals surface area contributed by atoms with Gasteiger partial charge in [0.05, 0.1) is 28.7 Å². The van der Waals surface area contributed by atoms with Crippen molar-refractivity contribution in [3.63, 3.8) is 0 Å². The van der Waals surface area contributed by atoms with E-state index in [0.717, 1.165) is 21.6 Å². The van der Waals surface area contributed by atoms with Gasteiger partial charge in [0.1, 0.15) is 12.4 Å². The van der Waals surface area contributed by atoms with Crippen LogP contribution in [0.25, 0.3) is 0 Å². The number of hydrogen-bond acceptors (Lipinski definition) is 5. The summed E-state index contributed by atoms with van der Waals surface area (Å²) in [6, 6.07) is 4.75. The van der Waals surface area contributed by atoms with Crippen LogP contribution in [0.3, 0.4) is 0 Å². The smallest absolute Gasteiger partial charge is 0.241 e. The van der Waals surface area contributed by atoms with Crippen molar-refractivity contribution in [2.45, 2.75) is 19.9 Å². The first-order valence-corrected chi connectivity index (χ1v) is 9.84. The Hall–Kier alpha value is -2.00. The summed E-state index contributed by atoms with van der Waals surface area (Å²) in [7, 11) is -3.73. The van der Waals surface area contributed by atoms with Crippen molar-refractivity contribution in [3.05, 3.63) is 46.2 Å². The van der Waals surface area contributed by atoms with Crippen LogP contribution in [0, 0.1) is 12.7 Å². The number of thiazole rings is 1. The second-order valence-electron chi connectivity index (χ2n) is 5.33. The number of aromatic nitrogens is 1. The molecule has 1 heterocycles. The number of anilines is 1. The monoisotopic (exact) mass is 371 g/mol. The lowest BCUT2D eigenvalue weighted by molar-refractivity contribution is -0.120. The number of aryl methyl sites for hydroxylation is 1. The van der Waals surface area contributed by atoms with E-state index in [2.05, 4.69) is 10.3 Å². The Kier molecular flexibility index (Phi) is 5.55. The third kappa shape index (κ3) is 4.75. The number of nitrogens with zero attached hydrogens (tertiary/aromatic N) is 2.